The lowest BCUT2D eigenvalue weighted by atomic mass is 9.91. The second kappa shape index (κ2) is 7.93. The van der Waals surface area contributed by atoms with Gasteiger partial charge in [0, 0.05) is 18.2 Å². The molecular weight excluding hydrogens is 356 g/mol. The summed E-state index contributed by atoms with van der Waals surface area (Å²) in [7, 11) is 0. The number of rotatable bonds is 5. The predicted molar refractivity (Wildman–Crippen MR) is 108 cm³/mol. The molecule has 4 rings (SSSR count). The van der Waals surface area contributed by atoms with Crippen molar-refractivity contribution >= 4 is 17.5 Å². The highest BCUT2D eigenvalue weighted by atomic mass is 35.5. The highest BCUT2D eigenvalue weighted by Crippen LogP contribution is 2.26. The van der Waals surface area contributed by atoms with Crippen LogP contribution in [0.3, 0.4) is 0 Å². The Bertz CT molecular complexity index is 902. The number of fused-ring (bicyclic) bond motifs is 1. The van der Waals surface area contributed by atoms with Crippen LogP contribution in [0.4, 0.5) is 0 Å². The van der Waals surface area contributed by atoms with Gasteiger partial charge in [0.2, 0.25) is 0 Å². The standard InChI is InChI=1S/C23H21ClN2O/c24-22-19(14-18-12-7-13-21(18)26-22)23(27)25-15-20(16-8-3-1-4-9-16)17-10-5-2-6-11-17/h1-6,8-11,14,20H,7,12-13,15H2,(H,25,27). The fraction of sp³-hybridized carbons (Fsp3) is 0.217. The summed E-state index contributed by atoms with van der Waals surface area (Å²) in [5.41, 5.74) is 4.98. The maximum absolute atomic E-state index is 12.8. The van der Waals surface area contributed by atoms with Gasteiger partial charge in [-0.1, -0.05) is 72.3 Å². The van der Waals surface area contributed by atoms with E-state index >= 15 is 0 Å². The van der Waals surface area contributed by atoms with E-state index in [9.17, 15) is 4.79 Å². The Morgan fingerprint density at radius 3 is 2.26 bits per heavy atom. The van der Waals surface area contributed by atoms with Crippen LogP contribution < -0.4 is 5.32 Å². The van der Waals surface area contributed by atoms with Crippen LogP contribution in [0.2, 0.25) is 5.15 Å². The van der Waals surface area contributed by atoms with Crippen LogP contribution in [0.25, 0.3) is 0 Å². The van der Waals surface area contributed by atoms with Crippen molar-refractivity contribution in [2.45, 2.75) is 25.2 Å². The molecule has 1 aromatic heterocycles. The van der Waals surface area contributed by atoms with E-state index in [2.05, 4.69) is 34.6 Å². The highest BCUT2D eigenvalue weighted by molar-refractivity contribution is 6.32. The van der Waals surface area contributed by atoms with E-state index < -0.39 is 0 Å². The number of hydrogen-bond donors (Lipinski definition) is 1. The molecule has 1 heterocycles. The van der Waals surface area contributed by atoms with E-state index in [4.69, 9.17) is 11.6 Å². The maximum atomic E-state index is 12.8. The molecule has 27 heavy (non-hydrogen) atoms. The van der Waals surface area contributed by atoms with Crippen LogP contribution >= 0.6 is 11.6 Å². The summed E-state index contributed by atoms with van der Waals surface area (Å²) in [4.78, 5) is 17.2. The number of halogens is 1. The van der Waals surface area contributed by atoms with Crippen molar-refractivity contribution in [3.8, 4) is 0 Å². The Morgan fingerprint density at radius 2 is 1.63 bits per heavy atom. The first-order valence-electron chi connectivity index (χ1n) is 9.29. The lowest BCUT2D eigenvalue weighted by Crippen LogP contribution is -2.29. The summed E-state index contributed by atoms with van der Waals surface area (Å²) < 4.78 is 0. The summed E-state index contributed by atoms with van der Waals surface area (Å²) >= 11 is 6.28. The molecule has 2 aromatic carbocycles. The molecule has 0 saturated carbocycles. The van der Waals surface area contributed by atoms with Gasteiger partial charge in [-0.3, -0.25) is 4.79 Å². The van der Waals surface area contributed by atoms with E-state index in [-0.39, 0.29) is 11.8 Å². The molecule has 3 nitrogen and oxygen atoms in total. The number of hydrogen-bond acceptors (Lipinski definition) is 2. The fourth-order valence-corrected chi connectivity index (χ4v) is 3.94. The number of pyridine rings is 1. The minimum atomic E-state index is -0.168. The number of amides is 1. The van der Waals surface area contributed by atoms with Crippen LogP contribution in [0.5, 0.6) is 0 Å². The lowest BCUT2D eigenvalue weighted by molar-refractivity contribution is 0.0952. The van der Waals surface area contributed by atoms with Gasteiger partial charge in [0.25, 0.3) is 5.91 Å². The average Bonchev–Trinajstić information content (AvgIpc) is 3.16. The number of aromatic nitrogens is 1. The quantitative estimate of drug-likeness (QED) is 0.651. The van der Waals surface area contributed by atoms with Crippen molar-refractivity contribution < 1.29 is 4.79 Å². The molecule has 0 saturated heterocycles. The summed E-state index contributed by atoms with van der Waals surface area (Å²) in [6.45, 7) is 0.500. The third-order valence-electron chi connectivity index (χ3n) is 5.12. The number of carbonyl (C=O) groups is 1. The van der Waals surface area contributed by atoms with E-state index in [0.717, 1.165) is 30.5 Å². The van der Waals surface area contributed by atoms with Crippen molar-refractivity contribution in [2.24, 2.45) is 0 Å². The van der Waals surface area contributed by atoms with Gasteiger partial charge in [-0.2, -0.15) is 0 Å². The molecule has 1 aliphatic carbocycles. The van der Waals surface area contributed by atoms with E-state index in [1.165, 1.54) is 11.1 Å². The first-order valence-corrected chi connectivity index (χ1v) is 9.66. The molecule has 0 fully saturated rings. The van der Waals surface area contributed by atoms with Crippen molar-refractivity contribution in [1.29, 1.82) is 0 Å². The molecule has 1 amide bonds. The van der Waals surface area contributed by atoms with Gasteiger partial charge < -0.3 is 5.32 Å². The topological polar surface area (TPSA) is 42.0 Å². The van der Waals surface area contributed by atoms with Gasteiger partial charge >= 0.3 is 0 Å². The maximum Gasteiger partial charge on any atom is 0.254 e. The van der Waals surface area contributed by atoms with Gasteiger partial charge in [0.15, 0.2) is 0 Å². The molecule has 0 atom stereocenters. The van der Waals surface area contributed by atoms with Crippen molar-refractivity contribution in [3.63, 3.8) is 0 Å². The minimum Gasteiger partial charge on any atom is -0.351 e. The van der Waals surface area contributed by atoms with E-state index in [0.29, 0.717) is 17.3 Å². The van der Waals surface area contributed by atoms with Gasteiger partial charge in [0.1, 0.15) is 5.15 Å². The second-order valence-corrected chi connectivity index (χ2v) is 7.23. The Balaban J connectivity index is 1.55. The van der Waals surface area contributed by atoms with Gasteiger partial charge in [-0.15, -0.1) is 0 Å². The zero-order valence-corrected chi connectivity index (χ0v) is 15.7. The van der Waals surface area contributed by atoms with Gasteiger partial charge in [0.05, 0.1) is 5.56 Å². The van der Waals surface area contributed by atoms with Gasteiger partial charge in [-0.25, -0.2) is 4.98 Å². The van der Waals surface area contributed by atoms with Crippen molar-refractivity contribution in [3.05, 3.63) is 99.8 Å². The Hall–Kier alpha value is -2.65. The van der Waals surface area contributed by atoms with E-state index in [1.54, 1.807) is 0 Å². The fourth-order valence-electron chi connectivity index (χ4n) is 3.69. The zero-order valence-electron chi connectivity index (χ0n) is 15.0. The minimum absolute atomic E-state index is 0.0810. The number of carbonyl (C=O) groups excluding carboxylic acids is 1. The zero-order chi connectivity index (χ0) is 18.6. The number of aryl methyl sites for hydroxylation is 2. The number of benzene rings is 2. The number of nitrogens with zero attached hydrogens (tertiary/aromatic N) is 1. The SMILES string of the molecule is O=C(NCC(c1ccccc1)c1ccccc1)c1cc2c(nc1Cl)CCC2. The molecule has 0 bridgehead atoms. The Morgan fingerprint density at radius 1 is 1.00 bits per heavy atom. The van der Waals surface area contributed by atoms with Crippen LogP contribution in [0.15, 0.2) is 66.7 Å². The molecule has 0 unspecified atom stereocenters. The molecule has 3 aromatic rings. The highest BCUT2D eigenvalue weighted by Gasteiger charge is 2.21. The van der Waals surface area contributed by atoms with Crippen LogP contribution in [-0.4, -0.2) is 17.4 Å². The molecule has 0 spiro atoms. The van der Waals surface area contributed by atoms with Crippen LogP contribution in [-0.2, 0) is 12.8 Å². The third kappa shape index (κ3) is 3.88. The monoisotopic (exact) mass is 376 g/mol. The Kier molecular flexibility index (Phi) is 5.21. The smallest absolute Gasteiger partial charge is 0.254 e. The molecule has 136 valence electrons. The summed E-state index contributed by atoms with van der Waals surface area (Å²) in [5, 5.41) is 3.36. The summed E-state index contributed by atoms with van der Waals surface area (Å²) in [6.07, 6.45) is 2.99. The molecular formula is C23H21ClN2O. The number of nitrogens with one attached hydrogen (secondary N) is 1. The van der Waals surface area contributed by atoms with Gasteiger partial charge in [-0.05, 0) is 42.0 Å². The first-order chi connectivity index (χ1) is 13.2. The third-order valence-corrected chi connectivity index (χ3v) is 5.41. The van der Waals surface area contributed by atoms with E-state index in [1.807, 2.05) is 42.5 Å². The average molecular weight is 377 g/mol. The summed E-state index contributed by atoms with van der Waals surface area (Å²) in [5.74, 6) is -0.0865. The predicted octanol–water partition coefficient (Wildman–Crippen LogP) is 4.79. The molecule has 1 aliphatic rings. The summed E-state index contributed by atoms with van der Waals surface area (Å²) in [6, 6.07) is 22.4. The lowest BCUT2D eigenvalue weighted by Gasteiger charge is -2.19. The van der Waals surface area contributed by atoms with Crippen LogP contribution in [0.1, 0.15) is 45.1 Å². The Labute approximate surface area is 164 Å². The first kappa shape index (κ1) is 17.7. The molecule has 0 radical (unpaired) electrons. The van der Waals surface area contributed by atoms with Crippen LogP contribution in [0, 0.1) is 0 Å². The van der Waals surface area contributed by atoms with Crippen molar-refractivity contribution in [1.82, 2.24) is 10.3 Å². The second-order valence-electron chi connectivity index (χ2n) is 6.87. The molecule has 1 N–H and O–H groups in total. The molecule has 0 aliphatic heterocycles. The largest absolute Gasteiger partial charge is 0.351 e. The molecule has 4 heteroatoms. The van der Waals surface area contributed by atoms with Crippen molar-refractivity contribution in [2.75, 3.05) is 6.54 Å². The normalized spacial score (nSPS) is 12.8.